The minimum atomic E-state index is -0.598. The van der Waals surface area contributed by atoms with Crippen LogP contribution in [0.15, 0.2) is 0 Å². The van der Waals surface area contributed by atoms with E-state index in [1.807, 2.05) is 13.8 Å². The fraction of sp³-hybridized carbons (Fsp3) is 1.00. The highest BCUT2D eigenvalue weighted by molar-refractivity contribution is 4.80. The molecule has 1 rings (SSSR count). The van der Waals surface area contributed by atoms with E-state index >= 15 is 0 Å². The van der Waals surface area contributed by atoms with Crippen LogP contribution in [0.4, 0.5) is 0 Å². The average molecular weight is 214 g/mol. The summed E-state index contributed by atoms with van der Waals surface area (Å²) in [4.78, 5) is 2.39. The number of hydrogen-bond acceptors (Lipinski definition) is 3. The van der Waals surface area contributed by atoms with Gasteiger partial charge < -0.3 is 15.3 Å². The van der Waals surface area contributed by atoms with Gasteiger partial charge in [0.25, 0.3) is 0 Å². The summed E-state index contributed by atoms with van der Waals surface area (Å²) in [5.41, 5.74) is -0.598. The molecular weight excluding hydrogens is 188 g/mol. The third kappa shape index (κ3) is 4.96. The van der Waals surface area contributed by atoms with E-state index in [0.717, 1.165) is 5.92 Å². The molecular formula is C12H26N2O. The first kappa shape index (κ1) is 12.9. The van der Waals surface area contributed by atoms with Crippen molar-refractivity contribution in [2.75, 3.05) is 26.7 Å². The third-order valence-electron chi connectivity index (χ3n) is 3.33. The van der Waals surface area contributed by atoms with Gasteiger partial charge in [-0.3, -0.25) is 0 Å². The van der Waals surface area contributed by atoms with Crippen LogP contribution in [0, 0.1) is 5.92 Å². The summed E-state index contributed by atoms with van der Waals surface area (Å²) in [6.07, 6.45) is 2.55. The van der Waals surface area contributed by atoms with E-state index in [1.165, 1.54) is 25.9 Å². The normalized spacial score (nSPS) is 23.0. The zero-order valence-corrected chi connectivity index (χ0v) is 10.6. The van der Waals surface area contributed by atoms with Gasteiger partial charge in [0, 0.05) is 12.6 Å². The van der Waals surface area contributed by atoms with Gasteiger partial charge in [0.05, 0.1) is 5.60 Å². The lowest BCUT2D eigenvalue weighted by atomic mass is 9.90. The highest BCUT2D eigenvalue weighted by Gasteiger charge is 2.23. The molecule has 0 aromatic rings. The molecule has 3 heteroatoms. The molecule has 0 aromatic heterocycles. The summed E-state index contributed by atoms with van der Waals surface area (Å²) in [7, 11) is 2.19. The van der Waals surface area contributed by atoms with Crippen LogP contribution < -0.4 is 5.32 Å². The van der Waals surface area contributed by atoms with Crippen LogP contribution in [0.25, 0.3) is 0 Å². The maximum absolute atomic E-state index is 9.64. The van der Waals surface area contributed by atoms with Crippen molar-refractivity contribution in [3.8, 4) is 0 Å². The summed E-state index contributed by atoms with van der Waals surface area (Å²) < 4.78 is 0. The number of nitrogens with one attached hydrogen (secondary N) is 1. The molecule has 15 heavy (non-hydrogen) atoms. The maximum Gasteiger partial charge on any atom is 0.0715 e. The van der Waals surface area contributed by atoms with Crippen molar-refractivity contribution in [1.82, 2.24) is 10.2 Å². The Hall–Kier alpha value is -0.120. The van der Waals surface area contributed by atoms with Crippen molar-refractivity contribution < 1.29 is 5.11 Å². The summed E-state index contributed by atoms with van der Waals surface area (Å²) in [5.74, 6) is 0.767. The highest BCUT2D eigenvalue weighted by atomic mass is 16.3. The van der Waals surface area contributed by atoms with Gasteiger partial charge in [0.15, 0.2) is 0 Å². The summed E-state index contributed by atoms with van der Waals surface area (Å²) in [6.45, 7) is 9.03. The van der Waals surface area contributed by atoms with Crippen molar-refractivity contribution in [3.63, 3.8) is 0 Å². The molecule has 0 amide bonds. The van der Waals surface area contributed by atoms with Gasteiger partial charge in [0.2, 0.25) is 0 Å². The first-order valence-electron chi connectivity index (χ1n) is 6.03. The second kappa shape index (κ2) is 5.28. The lowest BCUT2D eigenvalue weighted by Crippen LogP contribution is -2.45. The molecule has 3 nitrogen and oxygen atoms in total. The van der Waals surface area contributed by atoms with E-state index in [4.69, 9.17) is 0 Å². The predicted molar refractivity (Wildman–Crippen MR) is 64.0 cm³/mol. The molecule has 0 spiro atoms. The van der Waals surface area contributed by atoms with E-state index in [0.29, 0.717) is 12.6 Å². The monoisotopic (exact) mass is 214 g/mol. The van der Waals surface area contributed by atoms with Gasteiger partial charge in [-0.2, -0.15) is 0 Å². The Kier molecular flexibility index (Phi) is 4.56. The standard InChI is InChI=1S/C12H26N2O/c1-10(13-9-12(2,3)15)11-5-7-14(4)8-6-11/h10-11,13,15H,5-9H2,1-4H3. The van der Waals surface area contributed by atoms with E-state index in [-0.39, 0.29) is 0 Å². The fourth-order valence-corrected chi connectivity index (χ4v) is 2.11. The molecule has 1 saturated heterocycles. The lowest BCUT2D eigenvalue weighted by Gasteiger charge is -2.34. The van der Waals surface area contributed by atoms with Crippen LogP contribution in [-0.2, 0) is 0 Å². The van der Waals surface area contributed by atoms with Crippen molar-refractivity contribution in [2.24, 2.45) is 5.92 Å². The Morgan fingerprint density at radius 1 is 1.40 bits per heavy atom. The minimum Gasteiger partial charge on any atom is -0.389 e. The Balaban J connectivity index is 2.25. The number of likely N-dealkylation sites (tertiary alicyclic amines) is 1. The highest BCUT2D eigenvalue weighted by Crippen LogP contribution is 2.19. The molecule has 1 heterocycles. The molecule has 0 saturated carbocycles. The topological polar surface area (TPSA) is 35.5 Å². The Bertz CT molecular complexity index is 181. The lowest BCUT2D eigenvalue weighted by molar-refractivity contribution is 0.0715. The Morgan fingerprint density at radius 2 is 1.93 bits per heavy atom. The van der Waals surface area contributed by atoms with Crippen LogP contribution in [0.1, 0.15) is 33.6 Å². The smallest absolute Gasteiger partial charge is 0.0715 e. The molecule has 0 aliphatic carbocycles. The summed E-state index contributed by atoms with van der Waals surface area (Å²) >= 11 is 0. The number of piperidine rings is 1. The Morgan fingerprint density at radius 3 is 2.40 bits per heavy atom. The molecule has 1 fully saturated rings. The summed E-state index contributed by atoms with van der Waals surface area (Å²) in [6, 6.07) is 0.519. The van der Waals surface area contributed by atoms with E-state index < -0.39 is 5.60 Å². The van der Waals surface area contributed by atoms with Gasteiger partial charge in [0.1, 0.15) is 0 Å². The molecule has 0 radical (unpaired) electrons. The van der Waals surface area contributed by atoms with Gasteiger partial charge in [-0.25, -0.2) is 0 Å². The van der Waals surface area contributed by atoms with Gasteiger partial charge >= 0.3 is 0 Å². The molecule has 90 valence electrons. The Labute approximate surface area is 93.9 Å². The van der Waals surface area contributed by atoms with Crippen LogP contribution in [0.2, 0.25) is 0 Å². The number of rotatable bonds is 4. The van der Waals surface area contributed by atoms with Gasteiger partial charge in [-0.05, 0) is 59.7 Å². The largest absolute Gasteiger partial charge is 0.389 e. The van der Waals surface area contributed by atoms with Gasteiger partial charge in [-0.1, -0.05) is 0 Å². The van der Waals surface area contributed by atoms with Crippen molar-refractivity contribution >= 4 is 0 Å². The maximum atomic E-state index is 9.64. The van der Waals surface area contributed by atoms with Gasteiger partial charge in [-0.15, -0.1) is 0 Å². The van der Waals surface area contributed by atoms with Crippen LogP contribution in [0.5, 0.6) is 0 Å². The van der Waals surface area contributed by atoms with E-state index in [9.17, 15) is 5.11 Å². The second-order valence-corrected chi connectivity index (χ2v) is 5.62. The van der Waals surface area contributed by atoms with Crippen molar-refractivity contribution in [3.05, 3.63) is 0 Å². The molecule has 1 unspecified atom stereocenters. The van der Waals surface area contributed by atoms with Crippen LogP contribution in [0.3, 0.4) is 0 Å². The molecule has 1 atom stereocenters. The zero-order valence-electron chi connectivity index (χ0n) is 10.6. The zero-order chi connectivity index (χ0) is 11.5. The third-order valence-corrected chi connectivity index (χ3v) is 3.33. The fourth-order valence-electron chi connectivity index (χ4n) is 2.11. The number of hydrogen-bond donors (Lipinski definition) is 2. The van der Waals surface area contributed by atoms with Crippen molar-refractivity contribution in [1.29, 1.82) is 0 Å². The summed E-state index contributed by atoms with van der Waals surface area (Å²) in [5, 5.41) is 13.1. The average Bonchev–Trinajstić information content (AvgIpc) is 2.14. The molecule has 1 aliphatic rings. The molecule has 0 bridgehead atoms. The molecule has 2 N–H and O–H groups in total. The SMILES string of the molecule is CC(NCC(C)(C)O)C1CCN(C)CC1. The van der Waals surface area contributed by atoms with E-state index in [2.05, 4.69) is 24.2 Å². The first-order valence-corrected chi connectivity index (χ1v) is 6.03. The minimum absolute atomic E-state index is 0.519. The quantitative estimate of drug-likeness (QED) is 0.735. The van der Waals surface area contributed by atoms with Crippen LogP contribution in [-0.4, -0.2) is 48.3 Å². The molecule has 1 aliphatic heterocycles. The van der Waals surface area contributed by atoms with E-state index in [1.54, 1.807) is 0 Å². The first-order chi connectivity index (χ1) is 6.88. The molecule has 0 aromatic carbocycles. The number of nitrogens with zero attached hydrogens (tertiary/aromatic N) is 1. The second-order valence-electron chi connectivity index (χ2n) is 5.62. The van der Waals surface area contributed by atoms with Crippen molar-refractivity contribution in [2.45, 2.75) is 45.3 Å². The predicted octanol–water partition coefficient (Wildman–Crippen LogP) is 1.08. The number of aliphatic hydroxyl groups is 1. The van der Waals surface area contributed by atoms with Crippen LogP contribution >= 0.6 is 0 Å².